The normalized spacial score (nSPS) is 12.1. The summed E-state index contributed by atoms with van der Waals surface area (Å²) in [4.78, 5) is 23.0. The minimum atomic E-state index is -4.65. The molecular formula is C17H9Cl2F6N5O2. The molecule has 0 fully saturated rings. The summed E-state index contributed by atoms with van der Waals surface area (Å²) in [5, 5.41) is 5.20. The van der Waals surface area contributed by atoms with Crippen LogP contribution in [-0.4, -0.2) is 32.6 Å². The summed E-state index contributed by atoms with van der Waals surface area (Å²) in [5.41, 5.74) is -2.21. The number of carbonyl (C=O) groups excluding carboxylic acids is 1. The SMILES string of the molecule is O=C(NCCc1ncc(C(F)(F)F)cc1Cl)c1nc(-c2ncc(C(F)(F)F)cc2Cl)no1. The number of pyridine rings is 2. The molecule has 0 aromatic carbocycles. The first-order chi connectivity index (χ1) is 14.9. The minimum absolute atomic E-state index is 0.00398. The van der Waals surface area contributed by atoms with E-state index in [4.69, 9.17) is 27.7 Å². The van der Waals surface area contributed by atoms with Crippen LogP contribution in [0.5, 0.6) is 0 Å². The molecule has 1 N–H and O–H groups in total. The number of carbonyl (C=O) groups is 1. The van der Waals surface area contributed by atoms with Gasteiger partial charge in [0.1, 0.15) is 5.69 Å². The Bertz CT molecular complexity index is 1150. The van der Waals surface area contributed by atoms with Crippen LogP contribution in [0.1, 0.15) is 27.5 Å². The van der Waals surface area contributed by atoms with Gasteiger partial charge in [-0.2, -0.15) is 31.3 Å². The van der Waals surface area contributed by atoms with Crippen molar-refractivity contribution >= 4 is 29.1 Å². The highest BCUT2D eigenvalue weighted by molar-refractivity contribution is 6.33. The van der Waals surface area contributed by atoms with E-state index in [-0.39, 0.29) is 35.2 Å². The van der Waals surface area contributed by atoms with Crippen molar-refractivity contribution in [2.24, 2.45) is 0 Å². The molecule has 0 bridgehead atoms. The van der Waals surface area contributed by atoms with E-state index in [9.17, 15) is 31.1 Å². The summed E-state index contributed by atoms with van der Waals surface area (Å²) >= 11 is 11.6. The van der Waals surface area contributed by atoms with Crippen molar-refractivity contribution in [1.82, 2.24) is 25.4 Å². The van der Waals surface area contributed by atoms with Gasteiger partial charge in [-0.3, -0.25) is 14.8 Å². The number of aromatic nitrogens is 4. The fourth-order valence-electron chi connectivity index (χ4n) is 2.34. The van der Waals surface area contributed by atoms with E-state index in [1.807, 2.05) is 0 Å². The molecule has 0 aliphatic carbocycles. The maximum atomic E-state index is 12.7. The second-order valence-corrected chi connectivity index (χ2v) is 6.95. The van der Waals surface area contributed by atoms with Crippen LogP contribution < -0.4 is 5.32 Å². The highest BCUT2D eigenvalue weighted by Gasteiger charge is 2.33. The number of amides is 1. The second-order valence-electron chi connectivity index (χ2n) is 6.13. The molecule has 0 saturated carbocycles. The lowest BCUT2D eigenvalue weighted by molar-refractivity contribution is -0.138. The van der Waals surface area contributed by atoms with Gasteiger partial charge < -0.3 is 9.84 Å². The van der Waals surface area contributed by atoms with E-state index < -0.39 is 40.3 Å². The molecule has 1 amide bonds. The molecule has 0 saturated heterocycles. The van der Waals surface area contributed by atoms with Crippen LogP contribution >= 0.6 is 23.2 Å². The zero-order valence-electron chi connectivity index (χ0n) is 15.4. The molecule has 0 atom stereocenters. The fourth-order valence-corrected chi connectivity index (χ4v) is 2.86. The third-order valence-electron chi connectivity index (χ3n) is 3.89. The van der Waals surface area contributed by atoms with Gasteiger partial charge in [-0.05, 0) is 12.1 Å². The summed E-state index contributed by atoms with van der Waals surface area (Å²) in [7, 11) is 0. The third-order valence-corrected chi connectivity index (χ3v) is 4.51. The molecule has 0 radical (unpaired) electrons. The summed E-state index contributed by atoms with van der Waals surface area (Å²) < 4.78 is 80.7. The summed E-state index contributed by atoms with van der Waals surface area (Å²) in [6, 6.07) is 1.34. The molecule has 0 unspecified atom stereocenters. The van der Waals surface area contributed by atoms with E-state index in [2.05, 4.69) is 25.4 Å². The number of rotatable bonds is 5. The third kappa shape index (κ3) is 5.46. The van der Waals surface area contributed by atoms with Gasteiger partial charge in [0.25, 0.3) is 0 Å². The smallest absolute Gasteiger partial charge is 0.347 e. The summed E-state index contributed by atoms with van der Waals surface area (Å²) in [6.07, 6.45) is -8.10. The van der Waals surface area contributed by atoms with Gasteiger partial charge >= 0.3 is 24.2 Å². The maximum absolute atomic E-state index is 12.7. The van der Waals surface area contributed by atoms with Gasteiger partial charge in [0.2, 0.25) is 5.82 Å². The van der Waals surface area contributed by atoms with Crippen molar-refractivity contribution in [2.75, 3.05) is 6.54 Å². The Kier molecular flexibility index (Phi) is 6.60. The van der Waals surface area contributed by atoms with E-state index in [1.165, 1.54) is 0 Å². The maximum Gasteiger partial charge on any atom is 0.417 e. The van der Waals surface area contributed by atoms with E-state index in [1.54, 1.807) is 0 Å². The molecule has 3 aromatic heterocycles. The summed E-state index contributed by atoms with van der Waals surface area (Å²) in [5.74, 6) is -1.71. The molecule has 0 aliphatic rings. The average molecular weight is 500 g/mol. The van der Waals surface area contributed by atoms with Gasteiger partial charge in [-0.1, -0.05) is 28.4 Å². The standard InChI is InChI=1S/C17H9Cl2F6N5O2/c18-9-3-7(16(20,21)22)5-27-11(9)1-2-26-14(31)15-29-13(30-32-15)12-10(19)4-8(6-28-12)17(23,24)25/h3-6H,1-2H2,(H,26,31). The van der Waals surface area contributed by atoms with Crippen LogP contribution in [0.2, 0.25) is 10.0 Å². The number of hydrogen-bond acceptors (Lipinski definition) is 6. The largest absolute Gasteiger partial charge is 0.417 e. The quantitative estimate of drug-likeness (QED) is 0.504. The molecule has 3 heterocycles. The Morgan fingerprint density at radius 2 is 1.56 bits per heavy atom. The first-order valence-electron chi connectivity index (χ1n) is 8.43. The predicted molar refractivity (Wildman–Crippen MR) is 97.8 cm³/mol. The molecule has 15 heteroatoms. The van der Waals surface area contributed by atoms with Gasteiger partial charge in [-0.25, -0.2) is 0 Å². The Balaban J connectivity index is 1.63. The Morgan fingerprint density at radius 1 is 0.969 bits per heavy atom. The highest BCUT2D eigenvalue weighted by Crippen LogP contribution is 2.33. The second kappa shape index (κ2) is 8.90. The monoisotopic (exact) mass is 499 g/mol. The van der Waals surface area contributed by atoms with Crippen molar-refractivity contribution in [2.45, 2.75) is 18.8 Å². The van der Waals surface area contributed by atoms with E-state index in [0.29, 0.717) is 18.5 Å². The molecule has 0 spiro atoms. The van der Waals surface area contributed by atoms with Gasteiger partial charge in [0.15, 0.2) is 0 Å². The number of nitrogens with one attached hydrogen (secondary N) is 1. The van der Waals surface area contributed by atoms with Crippen molar-refractivity contribution < 1.29 is 35.7 Å². The number of nitrogens with zero attached hydrogens (tertiary/aromatic N) is 4. The van der Waals surface area contributed by atoms with E-state index >= 15 is 0 Å². The van der Waals surface area contributed by atoms with Crippen LogP contribution in [0.4, 0.5) is 26.3 Å². The molecule has 3 rings (SSSR count). The van der Waals surface area contributed by atoms with Crippen molar-refractivity contribution in [3.63, 3.8) is 0 Å². The Labute approximate surface area is 184 Å². The topological polar surface area (TPSA) is 93.8 Å². The van der Waals surface area contributed by atoms with E-state index in [0.717, 1.165) is 6.07 Å². The average Bonchev–Trinajstić information content (AvgIpc) is 3.17. The highest BCUT2D eigenvalue weighted by atomic mass is 35.5. The first kappa shape index (κ1) is 23.7. The van der Waals surface area contributed by atoms with Gasteiger partial charge in [0, 0.05) is 25.4 Å². The van der Waals surface area contributed by atoms with Crippen LogP contribution in [-0.2, 0) is 18.8 Å². The zero-order valence-corrected chi connectivity index (χ0v) is 16.9. The van der Waals surface area contributed by atoms with Crippen LogP contribution in [0.3, 0.4) is 0 Å². The first-order valence-corrected chi connectivity index (χ1v) is 9.18. The molecule has 0 aliphatic heterocycles. The van der Waals surface area contributed by atoms with Crippen LogP contribution in [0, 0.1) is 0 Å². The van der Waals surface area contributed by atoms with Crippen molar-refractivity contribution in [3.8, 4) is 11.5 Å². The van der Waals surface area contributed by atoms with Crippen molar-refractivity contribution in [3.05, 3.63) is 57.3 Å². The van der Waals surface area contributed by atoms with Crippen LogP contribution in [0.15, 0.2) is 29.0 Å². The Morgan fingerprint density at radius 3 is 2.12 bits per heavy atom. The zero-order chi connectivity index (χ0) is 23.7. The molecule has 170 valence electrons. The van der Waals surface area contributed by atoms with Crippen LogP contribution in [0.25, 0.3) is 11.5 Å². The Hall–Kier alpha value is -2.93. The lowest BCUT2D eigenvalue weighted by Gasteiger charge is -2.09. The number of hydrogen-bond donors (Lipinski definition) is 1. The van der Waals surface area contributed by atoms with Crippen molar-refractivity contribution in [1.29, 1.82) is 0 Å². The predicted octanol–water partition coefficient (Wildman–Crippen LogP) is 4.84. The lowest BCUT2D eigenvalue weighted by atomic mass is 10.2. The molecule has 7 nitrogen and oxygen atoms in total. The number of halogens is 8. The minimum Gasteiger partial charge on any atom is -0.347 e. The lowest BCUT2D eigenvalue weighted by Crippen LogP contribution is -2.26. The summed E-state index contributed by atoms with van der Waals surface area (Å²) in [6.45, 7) is -0.0894. The number of alkyl halides is 6. The molecule has 3 aromatic rings. The molecule has 32 heavy (non-hydrogen) atoms. The molecular weight excluding hydrogens is 491 g/mol. The fraction of sp³-hybridized carbons (Fsp3) is 0.235. The van der Waals surface area contributed by atoms with Gasteiger partial charge in [-0.15, -0.1) is 0 Å². The van der Waals surface area contributed by atoms with Gasteiger partial charge in [0.05, 0.1) is 26.9 Å².